The molecule has 20 heavy (non-hydrogen) atoms. The molecular weight excluding hydrogens is 271 g/mol. The Morgan fingerprint density at radius 3 is 2.55 bits per heavy atom. The number of alkyl halides is 3. The molecule has 2 heterocycles. The van der Waals surface area contributed by atoms with Crippen LogP contribution in [0.2, 0.25) is 0 Å². The number of hydrogen-bond donors (Lipinski definition) is 0. The molecule has 0 aliphatic carbocycles. The van der Waals surface area contributed by atoms with Crippen LogP contribution < -0.4 is 0 Å². The molecule has 2 rings (SSSR count). The Morgan fingerprint density at radius 1 is 1.30 bits per heavy atom. The van der Waals surface area contributed by atoms with Gasteiger partial charge in [0.25, 0.3) is 0 Å². The first-order valence-electron chi connectivity index (χ1n) is 6.93. The highest BCUT2D eigenvalue weighted by atomic mass is 19.4. The van der Waals surface area contributed by atoms with Gasteiger partial charge in [-0.2, -0.15) is 18.2 Å². The molecule has 7 heteroatoms. The van der Waals surface area contributed by atoms with Gasteiger partial charge >= 0.3 is 6.18 Å². The first-order valence-corrected chi connectivity index (χ1v) is 6.93. The van der Waals surface area contributed by atoms with Crippen molar-refractivity contribution in [3.05, 3.63) is 11.7 Å². The van der Waals surface area contributed by atoms with Crippen LogP contribution in [0.25, 0.3) is 0 Å². The van der Waals surface area contributed by atoms with Gasteiger partial charge in [-0.1, -0.05) is 19.0 Å². The molecule has 1 saturated heterocycles. The van der Waals surface area contributed by atoms with Crippen molar-refractivity contribution in [1.29, 1.82) is 0 Å². The largest absolute Gasteiger partial charge is 0.393 e. The number of rotatable bonds is 3. The molecule has 0 bridgehead atoms. The second kappa shape index (κ2) is 5.71. The van der Waals surface area contributed by atoms with E-state index in [0.29, 0.717) is 24.7 Å². The number of hydrogen-bond acceptors (Lipinski definition) is 4. The first kappa shape index (κ1) is 15.3. The molecule has 0 spiro atoms. The van der Waals surface area contributed by atoms with Crippen LogP contribution in [0.3, 0.4) is 0 Å². The third kappa shape index (κ3) is 3.31. The molecule has 0 unspecified atom stereocenters. The van der Waals surface area contributed by atoms with Crippen molar-refractivity contribution in [2.75, 3.05) is 13.1 Å². The number of piperidine rings is 1. The first-order chi connectivity index (χ1) is 9.29. The Balaban J connectivity index is 2.06. The van der Waals surface area contributed by atoms with Crippen LogP contribution in [0.1, 0.15) is 57.3 Å². The maximum Gasteiger partial charge on any atom is 0.393 e. The fourth-order valence-corrected chi connectivity index (χ4v) is 2.43. The summed E-state index contributed by atoms with van der Waals surface area (Å²) in [6.07, 6.45) is -3.39. The molecule has 4 nitrogen and oxygen atoms in total. The Hall–Kier alpha value is -1.11. The summed E-state index contributed by atoms with van der Waals surface area (Å²) in [5.74, 6) is -0.122. The standard InChI is InChI=1S/C13H20F3N3O/c1-8(2)11-17-12(20-18-11)9(3)19-6-4-5-10(7-19)13(14,15)16/h8-10H,4-7H2,1-3H3/t9-,10-/m0/s1. The van der Waals surface area contributed by atoms with Crippen molar-refractivity contribution in [1.82, 2.24) is 15.0 Å². The van der Waals surface area contributed by atoms with Crippen molar-refractivity contribution in [2.24, 2.45) is 5.92 Å². The van der Waals surface area contributed by atoms with Gasteiger partial charge in [0.1, 0.15) is 0 Å². The third-order valence-electron chi connectivity index (χ3n) is 3.79. The molecule has 1 fully saturated rings. The monoisotopic (exact) mass is 291 g/mol. The molecule has 1 aliphatic rings. The maximum atomic E-state index is 12.8. The van der Waals surface area contributed by atoms with E-state index in [2.05, 4.69) is 10.1 Å². The molecule has 0 aromatic carbocycles. The van der Waals surface area contributed by atoms with Crippen LogP contribution in [0, 0.1) is 5.92 Å². The quantitative estimate of drug-likeness (QED) is 0.854. The topological polar surface area (TPSA) is 42.2 Å². The van der Waals surface area contributed by atoms with Crippen LogP contribution in [0.5, 0.6) is 0 Å². The van der Waals surface area contributed by atoms with Crippen molar-refractivity contribution in [3.8, 4) is 0 Å². The summed E-state index contributed by atoms with van der Waals surface area (Å²) in [5, 5.41) is 3.86. The van der Waals surface area contributed by atoms with Gasteiger partial charge in [-0.3, -0.25) is 4.90 Å². The summed E-state index contributed by atoms with van der Waals surface area (Å²) in [4.78, 5) is 6.05. The van der Waals surface area contributed by atoms with Crippen molar-refractivity contribution < 1.29 is 17.7 Å². The van der Waals surface area contributed by atoms with Crippen LogP contribution in [-0.2, 0) is 0 Å². The van der Waals surface area contributed by atoms with Gasteiger partial charge in [0.2, 0.25) is 5.89 Å². The Morgan fingerprint density at radius 2 is 2.00 bits per heavy atom. The zero-order chi connectivity index (χ0) is 14.9. The van der Waals surface area contributed by atoms with E-state index in [0.717, 1.165) is 0 Å². The maximum absolute atomic E-state index is 12.8. The Bertz CT molecular complexity index is 444. The van der Waals surface area contributed by atoms with E-state index in [1.54, 1.807) is 4.90 Å². The molecule has 1 aliphatic heterocycles. The molecule has 2 atom stereocenters. The number of aromatic nitrogens is 2. The lowest BCUT2D eigenvalue weighted by Gasteiger charge is -2.36. The fraction of sp³-hybridized carbons (Fsp3) is 0.846. The van der Waals surface area contributed by atoms with Gasteiger partial charge in [0.05, 0.1) is 12.0 Å². The van der Waals surface area contributed by atoms with Gasteiger partial charge in [-0.25, -0.2) is 0 Å². The lowest BCUT2D eigenvalue weighted by Crippen LogP contribution is -2.42. The molecule has 1 aromatic heterocycles. The lowest BCUT2D eigenvalue weighted by molar-refractivity contribution is -0.188. The predicted octanol–water partition coefficient (Wildman–Crippen LogP) is 3.53. The Kier molecular flexibility index (Phi) is 4.36. The molecular formula is C13H20F3N3O. The van der Waals surface area contributed by atoms with Crippen molar-refractivity contribution in [3.63, 3.8) is 0 Å². The highest BCUT2D eigenvalue weighted by Gasteiger charge is 2.43. The predicted molar refractivity (Wildman–Crippen MR) is 67.2 cm³/mol. The van der Waals surface area contributed by atoms with E-state index < -0.39 is 12.1 Å². The summed E-state index contributed by atoms with van der Waals surface area (Å²) < 4.78 is 43.6. The summed E-state index contributed by atoms with van der Waals surface area (Å²) >= 11 is 0. The van der Waals surface area contributed by atoms with E-state index >= 15 is 0 Å². The molecule has 114 valence electrons. The molecule has 0 radical (unpaired) electrons. The lowest BCUT2D eigenvalue weighted by atomic mass is 9.96. The van der Waals surface area contributed by atoms with E-state index in [4.69, 9.17) is 4.52 Å². The molecule has 0 amide bonds. The minimum atomic E-state index is -4.13. The summed E-state index contributed by atoms with van der Waals surface area (Å²) in [6, 6.07) is -0.278. The third-order valence-corrected chi connectivity index (χ3v) is 3.79. The van der Waals surface area contributed by atoms with E-state index in [1.165, 1.54) is 0 Å². The van der Waals surface area contributed by atoms with Crippen LogP contribution in [0.15, 0.2) is 4.52 Å². The summed E-state index contributed by atoms with van der Waals surface area (Å²) in [7, 11) is 0. The number of halogens is 3. The number of nitrogens with zero attached hydrogens (tertiary/aromatic N) is 3. The minimum absolute atomic E-state index is 0.00403. The van der Waals surface area contributed by atoms with Gasteiger partial charge in [-0.05, 0) is 26.3 Å². The zero-order valence-corrected chi connectivity index (χ0v) is 11.9. The molecule has 1 aromatic rings. The van der Waals surface area contributed by atoms with Crippen molar-refractivity contribution >= 4 is 0 Å². The van der Waals surface area contributed by atoms with E-state index in [9.17, 15) is 13.2 Å². The van der Waals surface area contributed by atoms with Crippen LogP contribution >= 0.6 is 0 Å². The van der Waals surface area contributed by atoms with E-state index in [1.807, 2.05) is 20.8 Å². The minimum Gasteiger partial charge on any atom is -0.338 e. The SMILES string of the molecule is CC(C)c1noc([C@H](C)N2CCC[C@H](C(F)(F)F)C2)n1. The molecule has 0 saturated carbocycles. The van der Waals surface area contributed by atoms with E-state index in [-0.39, 0.29) is 24.9 Å². The van der Waals surface area contributed by atoms with Gasteiger partial charge < -0.3 is 4.52 Å². The van der Waals surface area contributed by atoms with Gasteiger partial charge in [-0.15, -0.1) is 0 Å². The van der Waals surface area contributed by atoms with Crippen molar-refractivity contribution in [2.45, 2.75) is 51.7 Å². The summed E-state index contributed by atoms with van der Waals surface area (Å²) in [6.45, 7) is 6.34. The second-order valence-electron chi connectivity index (χ2n) is 5.70. The normalized spacial score (nSPS) is 23.2. The fourth-order valence-electron chi connectivity index (χ4n) is 2.43. The average Bonchev–Trinajstić information content (AvgIpc) is 2.87. The second-order valence-corrected chi connectivity index (χ2v) is 5.70. The zero-order valence-electron chi connectivity index (χ0n) is 11.9. The highest BCUT2D eigenvalue weighted by molar-refractivity contribution is 4.96. The molecule has 0 N–H and O–H groups in total. The van der Waals surface area contributed by atoms with Crippen LogP contribution in [-0.4, -0.2) is 34.3 Å². The number of likely N-dealkylation sites (tertiary alicyclic amines) is 1. The van der Waals surface area contributed by atoms with Gasteiger partial charge in [0, 0.05) is 12.5 Å². The smallest absolute Gasteiger partial charge is 0.338 e. The average molecular weight is 291 g/mol. The highest BCUT2D eigenvalue weighted by Crippen LogP contribution is 2.35. The summed E-state index contributed by atoms with van der Waals surface area (Å²) in [5.41, 5.74) is 0. The Labute approximate surface area is 116 Å². The van der Waals surface area contributed by atoms with Gasteiger partial charge in [0.15, 0.2) is 5.82 Å². The van der Waals surface area contributed by atoms with Crippen LogP contribution in [0.4, 0.5) is 13.2 Å².